The number of nitrogens with one attached hydrogen (secondary N) is 1. The van der Waals surface area contributed by atoms with Gasteiger partial charge < -0.3 is 14.3 Å². The fraction of sp³-hybridized carbons (Fsp3) is 0.125. The van der Waals surface area contributed by atoms with Gasteiger partial charge in [0.25, 0.3) is 0 Å². The zero-order chi connectivity index (χ0) is 19.4. The number of oxazole rings is 1. The van der Waals surface area contributed by atoms with Crippen LogP contribution < -0.4 is 5.32 Å². The van der Waals surface area contributed by atoms with Gasteiger partial charge in [0.2, 0.25) is 5.89 Å². The fourth-order valence-corrected chi connectivity index (χ4v) is 4.04. The van der Waals surface area contributed by atoms with Crippen LogP contribution in [0.5, 0.6) is 5.75 Å². The first-order chi connectivity index (χ1) is 14.2. The van der Waals surface area contributed by atoms with Gasteiger partial charge in [0.05, 0.1) is 12.1 Å². The number of para-hydroxylation sites is 2. The summed E-state index contributed by atoms with van der Waals surface area (Å²) in [6.07, 6.45) is 7.71. The van der Waals surface area contributed by atoms with Crippen molar-refractivity contribution in [3.05, 3.63) is 84.5 Å². The molecular formula is C24H18N2O3. The molecule has 142 valence electrons. The van der Waals surface area contributed by atoms with Gasteiger partial charge in [0.1, 0.15) is 17.5 Å². The fourth-order valence-electron chi connectivity index (χ4n) is 4.04. The molecule has 3 aromatic carbocycles. The van der Waals surface area contributed by atoms with Crippen molar-refractivity contribution in [2.75, 3.05) is 0 Å². The monoisotopic (exact) mass is 382 g/mol. The van der Waals surface area contributed by atoms with E-state index in [-0.39, 0.29) is 24.1 Å². The number of hydrogen-bond donors (Lipinski definition) is 2. The SMILES string of the molecule is Oc1cc2ccc(-c3nc4ccccc4o3)cc2cc1C1NC2C=CC=CC2O1. The maximum absolute atomic E-state index is 10.6. The van der Waals surface area contributed by atoms with Crippen molar-refractivity contribution >= 4 is 21.9 Å². The molecule has 2 N–H and O–H groups in total. The summed E-state index contributed by atoms with van der Waals surface area (Å²) >= 11 is 0. The third-order valence-electron chi connectivity index (χ3n) is 5.53. The number of rotatable bonds is 2. The third kappa shape index (κ3) is 2.75. The number of aromatic nitrogens is 1. The molecule has 2 heterocycles. The Kier molecular flexibility index (Phi) is 3.59. The molecule has 1 aliphatic heterocycles. The lowest BCUT2D eigenvalue weighted by Crippen LogP contribution is -2.28. The summed E-state index contributed by atoms with van der Waals surface area (Å²) in [4.78, 5) is 4.59. The van der Waals surface area contributed by atoms with Crippen LogP contribution in [-0.2, 0) is 4.74 Å². The lowest BCUT2D eigenvalue weighted by molar-refractivity contribution is 0.0615. The molecule has 1 aromatic heterocycles. The Morgan fingerprint density at radius 3 is 2.72 bits per heavy atom. The maximum Gasteiger partial charge on any atom is 0.227 e. The molecule has 0 bridgehead atoms. The van der Waals surface area contributed by atoms with Crippen molar-refractivity contribution in [3.63, 3.8) is 0 Å². The number of aromatic hydroxyl groups is 1. The topological polar surface area (TPSA) is 67.5 Å². The zero-order valence-corrected chi connectivity index (χ0v) is 15.4. The van der Waals surface area contributed by atoms with Crippen LogP contribution in [0.25, 0.3) is 33.3 Å². The van der Waals surface area contributed by atoms with E-state index in [1.807, 2.05) is 66.8 Å². The molecule has 0 spiro atoms. The summed E-state index contributed by atoms with van der Waals surface area (Å²) in [6, 6.07) is 17.6. The molecule has 6 rings (SSSR count). The summed E-state index contributed by atoms with van der Waals surface area (Å²) in [6.45, 7) is 0. The van der Waals surface area contributed by atoms with Gasteiger partial charge >= 0.3 is 0 Å². The minimum atomic E-state index is -0.366. The molecule has 0 amide bonds. The third-order valence-corrected chi connectivity index (χ3v) is 5.53. The number of allylic oxidation sites excluding steroid dienone is 2. The minimum Gasteiger partial charge on any atom is -0.507 e. The molecular weight excluding hydrogens is 364 g/mol. The Morgan fingerprint density at radius 1 is 0.931 bits per heavy atom. The van der Waals surface area contributed by atoms with Crippen molar-refractivity contribution in [3.8, 4) is 17.2 Å². The van der Waals surface area contributed by atoms with Crippen LogP contribution in [-0.4, -0.2) is 22.2 Å². The van der Waals surface area contributed by atoms with Crippen molar-refractivity contribution < 1.29 is 14.3 Å². The first kappa shape index (κ1) is 16.5. The number of hydrogen-bond acceptors (Lipinski definition) is 5. The van der Waals surface area contributed by atoms with E-state index in [1.54, 1.807) is 6.07 Å². The minimum absolute atomic E-state index is 0.0221. The quantitative estimate of drug-likeness (QED) is 0.519. The zero-order valence-electron chi connectivity index (χ0n) is 15.4. The maximum atomic E-state index is 10.6. The molecule has 0 radical (unpaired) electrons. The Hall–Kier alpha value is -3.41. The molecule has 29 heavy (non-hydrogen) atoms. The Morgan fingerprint density at radius 2 is 1.83 bits per heavy atom. The summed E-state index contributed by atoms with van der Waals surface area (Å²) in [5.41, 5.74) is 3.22. The van der Waals surface area contributed by atoms with Crippen molar-refractivity contribution in [2.24, 2.45) is 0 Å². The molecule has 0 saturated carbocycles. The predicted octanol–water partition coefficient (Wildman–Crippen LogP) is 4.84. The van der Waals surface area contributed by atoms with E-state index in [0.717, 1.165) is 33.0 Å². The van der Waals surface area contributed by atoms with Crippen LogP contribution in [0.1, 0.15) is 11.8 Å². The molecule has 3 atom stereocenters. The highest BCUT2D eigenvalue weighted by molar-refractivity contribution is 5.89. The van der Waals surface area contributed by atoms with E-state index < -0.39 is 0 Å². The highest BCUT2D eigenvalue weighted by atomic mass is 16.5. The van der Waals surface area contributed by atoms with Crippen LogP contribution in [0, 0.1) is 0 Å². The van der Waals surface area contributed by atoms with Gasteiger partial charge in [-0.1, -0.05) is 42.5 Å². The van der Waals surface area contributed by atoms with Crippen LogP contribution >= 0.6 is 0 Å². The van der Waals surface area contributed by atoms with Crippen LogP contribution in [0.15, 0.2) is 83.3 Å². The molecule has 3 unspecified atom stereocenters. The number of benzene rings is 3. The summed E-state index contributed by atoms with van der Waals surface area (Å²) in [5, 5.41) is 16.0. The highest BCUT2D eigenvalue weighted by Gasteiger charge is 2.34. The highest BCUT2D eigenvalue weighted by Crippen LogP contribution is 2.36. The second-order valence-electron chi connectivity index (χ2n) is 7.40. The van der Waals surface area contributed by atoms with Gasteiger partial charge in [-0.15, -0.1) is 0 Å². The summed E-state index contributed by atoms with van der Waals surface area (Å²) in [7, 11) is 0. The van der Waals surface area contributed by atoms with Crippen LogP contribution in [0.3, 0.4) is 0 Å². The van der Waals surface area contributed by atoms with Gasteiger partial charge in [-0.25, -0.2) is 4.98 Å². The average molecular weight is 382 g/mol. The molecule has 1 saturated heterocycles. The number of phenolic OH excluding ortho intramolecular Hbond substituents is 1. The lowest BCUT2D eigenvalue weighted by atomic mass is 10.0. The molecule has 1 fully saturated rings. The second kappa shape index (κ2) is 6.30. The van der Waals surface area contributed by atoms with Gasteiger partial charge in [-0.2, -0.15) is 0 Å². The molecule has 1 aliphatic carbocycles. The smallest absolute Gasteiger partial charge is 0.227 e. The van der Waals surface area contributed by atoms with Crippen LogP contribution in [0.2, 0.25) is 0 Å². The Labute approximate surface area is 166 Å². The summed E-state index contributed by atoms with van der Waals surface area (Å²) in [5.74, 6) is 0.801. The van der Waals surface area contributed by atoms with Gasteiger partial charge in [-0.05, 0) is 47.2 Å². The first-order valence-corrected chi connectivity index (χ1v) is 9.64. The molecule has 4 aromatic rings. The van der Waals surface area contributed by atoms with Gasteiger partial charge in [0, 0.05) is 11.1 Å². The van der Waals surface area contributed by atoms with E-state index in [2.05, 4.69) is 16.4 Å². The van der Waals surface area contributed by atoms with E-state index in [9.17, 15) is 5.11 Å². The molecule has 5 heteroatoms. The van der Waals surface area contributed by atoms with E-state index in [4.69, 9.17) is 9.15 Å². The Bertz CT molecular complexity index is 1250. The lowest BCUT2D eigenvalue weighted by Gasteiger charge is -2.14. The van der Waals surface area contributed by atoms with Crippen LogP contribution in [0.4, 0.5) is 0 Å². The Balaban J connectivity index is 1.41. The summed E-state index contributed by atoms with van der Waals surface area (Å²) < 4.78 is 12.0. The van der Waals surface area contributed by atoms with Crippen molar-refractivity contribution in [2.45, 2.75) is 18.4 Å². The number of ether oxygens (including phenoxy) is 1. The normalized spacial score (nSPS) is 23.1. The number of phenols is 1. The predicted molar refractivity (Wildman–Crippen MR) is 111 cm³/mol. The van der Waals surface area contributed by atoms with Crippen molar-refractivity contribution in [1.29, 1.82) is 0 Å². The number of nitrogens with zero attached hydrogens (tertiary/aromatic N) is 1. The van der Waals surface area contributed by atoms with E-state index >= 15 is 0 Å². The van der Waals surface area contributed by atoms with E-state index in [0.29, 0.717) is 5.89 Å². The van der Waals surface area contributed by atoms with Gasteiger partial charge in [-0.3, -0.25) is 5.32 Å². The standard InChI is InChI=1S/C24H18N2O3/c27-20-13-14-9-10-15(23-25-18-5-1-3-7-21(18)28-23)11-16(14)12-17(20)24-26-19-6-2-4-8-22(19)29-24/h1-13,19,22,24,26-27H. The number of fused-ring (bicyclic) bond motifs is 3. The van der Waals surface area contributed by atoms with Crippen molar-refractivity contribution in [1.82, 2.24) is 10.3 Å². The van der Waals surface area contributed by atoms with E-state index in [1.165, 1.54) is 0 Å². The molecule has 2 aliphatic rings. The first-order valence-electron chi connectivity index (χ1n) is 9.64. The average Bonchev–Trinajstić information content (AvgIpc) is 3.37. The second-order valence-corrected chi connectivity index (χ2v) is 7.40. The van der Waals surface area contributed by atoms with Gasteiger partial charge in [0.15, 0.2) is 5.58 Å². The largest absolute Gasteiger partial charge is 0.507 e. The molecule has 5 nitrogen and oxygen atoms in total.